The zero-order valence-corrected chi connectivity index (χ0v) is 13.9. The number of amides is 1. The molecule has 0 spiro atoms. The molecule has 0 aliphatic heterocycles. The molecule has 0 saturated heterocycles. The van der Waals surface area contributed by atoms with Gasteiger partial charge >= 0.3 is 6.01 Å². The zero-order chi connectivity index (χ0) is 17.1. The van der Waals surface area contributed by atoms with Gasteiger partial charge in [-0.2, -0.15) is 0 Å². The second-order valence-corrected chi connectivity index (χ2v) is 5.57. The minimum atomic E-state index is -0.436. The van der Waals surface area contributed by atoms with Crippen molar-refractivity contribution in [3.63, 3.8) is 0 Å². The van der Waals surface area contributed by atoms with E-state index in [-0.39, 0.29) is 6.01 Å². The first kappa shape index (κ1) is 16.3. The molecule has 1 amide bonds. The van der Waals surface area contributed by atoms with E-state index < -0.39 is 5.91 Å². The largest absolute Gasteiger partial charge is 0.456 e. The van der Waals surface area contributed by atoms with E-state index in [1.807, 2.05) is 0 Å². The topological polar surface area (TPSA) is 77.2 Å². The Bertz CT molecular complexity index is 896. The number of rotatable bonds is 4. The van der Waals surface area contributed by atoms with Gasteiger partial charge in [0.25, 0.3) is 5.91 Å². The standard InChI is InChI=1S/C16H11Cl2N3O3/c1-9-20-21-16(23-9)19-15(22)11-4-2-3-5-14(11)24-10-6-7-12(17)13(18)8-10/h2-8H,1H3,(H,19,21,22). The fourth-order valence-corrected chi connectivity index (χ4v) is 2.21. The molecular formula is C16H11Cl2N3O3. The van der Waals surface area contributed by atoms with Crippen LogP contribution in [-0.4, -0.2) is 16.1 Å². The number of hydrogen-bond donors (Lipinski definition) is 1. The molecule has 3 rings (SSSR count). The normalized spacial score (nSPS) is 10.5. The molecule has 0 aliphatic rings. The third kappa shape index (κ3) is 3.67. The van der Waals surface area contributed by atoms with Gasteiger partial charge in [-0.1, -0.05) is 40.4 Å². The highest BCUT2D eigenvalue weighted by Gasteiger charge is 2.16. The Morgan fingerprint density at radius 3 is 2.62 bits per heavy atom. The molecule has 0 radical (unpaired) electrons. The number of aryl methyl sites for hydroxylation is 1. The lowest BCUT2D eigenvalue weighted by atomic mass is 10.2. The lowest BCUT2D eigenvalue weighted by Gasteiger charge is -2.10. The van der Waals surface area contributed by atoms with E-state index in [9.17, 15) is 4.79 Å². The van der Waals surface area contributed by atoms with E-state index in [1.165, 1.54) is 0 Å². The summed E-state index contributed by atoms with van der Waals surface area (Å²) < 4.78 is 10.9. The van der Waals surface area contributed by atoms with Crippen LogP contribution in [0.4, 0.5) is 6.01 Å². The van der Waals surface area contributed by atoms with Gasteiger partial charge in [0.1, 0.15) is 11.5 Å². The Kier molecular flexibility index (Phi) is 4.69. The molecule has 3 aromatic rings. The molecule has 122 valence electrons. The maximum Gasteiger partial charge on any atom is 0.322 e. The van der Waals surface area contributed by atoms with Gasteiger partial charge < -0.3 is 9.15 Å². The summed E-state index contributed by atoms with van der Waals surface area (Å²) in [6, 6.07) is 11.6. The zero-order valence-electron chi connectivity index (χ0n) is 12.4. The van der Waals surface area contributed by atoms with Crippen LogP contribution in [0.25, 0.3) is 0 Å². The summed E-state index contributed by atoms with van der Waals surface area (Å²) >= 11 is 11.9. The highest BCUT2D eigenvalue weighted by molar-refractivity contribution is 6.42. The van der Waals surface area contributed by atoms with Crippen molar-refractivity contribution in [2.45, 2.75) is 6.92 Å². The summed E-state index contributed by atoms with van der Waals surface area (Å²) in [5, 5.41) is 10.7. The summed E-state index contributed by atoms with van der Waals surface area (Å²) in [7, 11) is 0. The molecule has 0 atom stereocenters. The average Bonchev–Trinajstić information content (AvgIpc) is 2.96. The smallest absolute Gasteiger partial charge is 0.322 e. The maximum atomic E-state index is 12.4. The number of carbonyl (C=O) groups is 1. The van der Waals surface area contributed by atoms with Crippen LogP contribution in [0.5, 0.6) is 11.5 Å². The van der Waals surface area contributed by atoms with Crippen LogP contribution < -0.4 is 10.1 Å². The van der Waals surface area contributed by atoms with Gasteiger partial charge in [-0.3, -0.25) is 10.1 Å². The van der Waals surface area contributed by atoms with Crippen LogP contribution in [0.15, 0.2) is 46.9 Å². The Labute approximate surface area is 147 Å². The quantitative estimate of drug-likeness (QED) is 0.724. The second-order valence-electron chi connectivity index (χ2n) is 4.75. The minimum Gasteiger partial charge on any atom is -0.456 e. The van der Waals surface area contributed by atoms with E-state index in [0.29, 0.717) is 33.0 Å². The molecule has 0 bridgehead atoms. The van der Waals surface area contributed by atoms with Gasteiger partial charge in [-0.25, -0.2) is 0 Å². The average molecular weight is 364 g/mol. The molecule has 8 heteroatoms. The molecule has 1 aromatic heterocycles. The highest BCUT2D eigenvalue weighted by Crippen LogP contribution is 2.31. The highest BCUT2D eigenvalue weighted by atomic mass is 35.5. The van der Waals surface area contributed by atoms with Crippen molar-refractivity contribution in [2.24, 2.45) is 0 Å². The summed E-state index contributed by atoms with van der Waals surface area (Å²) in [5.74, 6) is 0.725. The number of nitrogens with one attached hydrogen (secondary N) is 1. The molecule has 1 N–H and O–H groups in total. The number of carbonyl (C=O) groups excluding carboxylic acids is 1. The third-order valence-corrected chi connectivity index (χ3v) is 3.74. The molecule has 0 aliphatic carbocycles. The monoisotopic (exact) mass is 363 g/mol. The fourth-order valence-electron chi connectivity index (χ4n) is 1.92. The van der Waals surface area contributed by atoms with Gasteiger partial charge in [0, 0.05) is 13.0 Å². The van der Waals surface area contributed by atoms with E-state index in [0.717, 1.165) is 0 Å². The van der Waals surface area contributed by atoms with Crippen molar-refractivity contribution in [1.29, 1.82) is 0 Å². The van der Waals surface area contributed by atoms with Crippen molar-refractivity contribution in [1.82, 2.24) is 10.2 Å². The van der Waals surface area contributed by atoms with Crippen molar-refractivity contribution in [3.05, 3.63) is 64.0 Å². The van der Waals surface area contributed by atoms with Crippen molar-refractivity contribution < 1.29 is 13.9 Å². The number of halogens is 2. The third-order valence-electron chi connectivity index (χ3n) is 3.00. The molecule has 6 nitrogen and oxygen atoms in total. The van der Waals surface area contributed by atoms with E-state index >= 15 is 0 Å². The lowest BCUT2D eigenvalue weighted by Crippen LogP contribution is -2.13. The van der Waals surface area contributed by atoms with Gasteiger partial charge in [0.05, 0.1) is 15.6 Å². The van der Waals surface area contributed by atoms with Gasteiger partial charge in [-0.05, 0) is 24.3 Å². The lowest BCUT2D eigenvalue weighted by molar-refractivity contribution is 0.102. The number of hydrogen-bond acceptors (Lipinski definition) is 5. The first-order chi connectivity index (χ1) is 11.5. The van der Waals surface area contributed by atoms with E-state index in [1.54, 1.807) is 49.4 Å². The van der Waals surface area contributed by atoms with Crippen LogP contribution >= 0.6 is 23.2 Å². The fraction of sp³-hybridized carbons (Fsp3) is 0.0625. The predicted octanol–water partition coefficient (Wildman–Crippen LogP) is 4.73. The number of nitrogens with zero attached hydrogens (tertiary/aromatic N) is 2. The van der Waals surface area contributed by atoms with Crippen molar-refractivity contribution in [3.8, 4) is 11.5 Å². The van der Waals surface area contributed by atoms with Crippen LogP contribution in [0.3, 0.4) is 0 Å². The summed E-state index contributed by atoms with van der Waals surface area (Å²) in [6.45, 7) is 1.63. The summed E-state index contributed by atoms with van der Waals surface area (Å²) in [5.41, 5.74) is 0.305. The van der Waals surface area contributed by atoms with Crippen LogP contribution in [0, 0.1) is 6.92 Å². The molecule has 0 saturated carbocycles. The number of anilines is 1. The van der Waals surface area contributed by atoms with Crippen LogP contribution in [0.2, 0.25) is 10.0 Å². The van der Waals surface area contributed by atoms with Crippen LogP contribution in [-0.2, 0) is 0 Å². The molecule has 2 aromatic carbocycles. The number of para-hydroxylation sites is 1. The summed E-state index contributed by atoms with van der Waals surface area (Å²) in [4.78, 5) is 12.4. The Morgan fingerprint density at radius 1 is 1.12 bits per heavy atom. The van der Waals surface area contributed by atoms with Gasteiger partial charge in [0.2, 0.25) is 5.89 Å². The maximum absolute atomic E-state index is 12.4. The minimum absolute atomic E-state index is 0.0156. The van der Waals surface area contributed by atoms with Crippen LogP contribution in [0.1, 0.15) is 16.2 Å². The van der Waals surface area contributed by atoms with Gasteiger partial charge in [-0.15, -0.1) is 5.10 Å². The Balaban J connectivity index is 1.84. The molecule has 0 unspecified atom stereocenters. The van der Waals surface area contributed by atoms with E-state index in [2.05, 4.69) is 15.5 Å². The molecule has 0 fully saturated rings. The molecule has 1 heterocycles. The molecular weight excluding hydrogens is 353 g/mol. The Hall–Kier alpha value is -2.57. The SMILES string of the molecule is Cc1nnc(NC(=O)c2ccccc2Oc2ccc(Cl)c(Cl)c2)o1. The number of aromatic nitrogens is 2. The predicted molar refractivity (Wildman–Crippen MR) is 90.0 cm³/mol. The molecule has 24 heavy (non-hydrogen) atoms. The first-order valence-electron chi connectivity index (χ1n) is 6.86. The van der Waals surface area contributed by atoms with Crippen molar-refractivity contribution >= 4 is 35.1 Å². The summed E-state index contributed by atoms with van der Waals surface area (Å²) in [6.07, 6.45) is 0. The number of ether oxygens (including phenoxy) is 1. The Morgan fingerprint density at radius 2 is 1.92 bits per heavy atom. The number of benzene rings is 2. The van der Waals surface area contributed by atoms with Gasteiger partial charge in [0.15, 0.2) is 0 Å². The second kappa shape index (κ2) is 6.90. The van der Waals surface area contributed by atoms with Crippen molar-refractivity contribution in [2.75, 3.05) is 5.32 Å². The first-order valence-corrected chi connectivity index (χ1v) is 7.62. The van der Waals surface area contributed by atoms with E-state index in [4.69, 9.17) is 32.4 Å².